The van der Waals surface area contributed by atoms with E-state index in [1.807, 2.05) is 6.92 Å². The van der Waals surface area contributed by atoms with Crippen LogP contribution in [0.4, 0.5) is 0 Å². The Kier molecular flexibility index (Phi) is 7.59. The first-order chi connectivity index (χ1) is 5.35. The predicted molar refractivity (Wildman–Crippen MR) is 51.8 cm³/mol. The lowest BCUT2D eigenvalue weighted by Gasteiger charge is -2.20. The molecule has 0 aromatic heterocycles. The molecule has 0 aromatic carbocycles. The maximum atomic E-state index is 3.39. The van der Waals surface area contributed by atoms with Crippen molar-refractivity contribution in [1.82, 2.24) is 5.32 Å². The van der Waals surface area contributed by atoms with Crippen LogP contribution in [-0.4, -0.2) is 13.1 Å². The van der Waals surface area contributed by atoms with Gasteiger partial charge in [-0.15, -0.1) is 6.58 Å². The van der Waals surface area contributed by atoms with Crippen LogP contribution in [0.5, 0.6) is 0 Å². The van der Waals surface area contributed by atoms with Gasteiger partial charge in [-0.25, -0.2) is 0 Å². The number of allylic oxidation sites excluding steroid dienone is 1. The molecule has 0 saturated carbocycles. The maximum Gasteiger partial charge on any atom is -0.00206 e. The molecule has 1 heteroatoms. The largest absolute Gasteiger partial charge is 0.316 e. The molecule has 1 aliphatic heterocycles. The fraction of sp³-hybridized carbons (Fsp3) is 0.800. The van der Waals surface area contributed by atoms with Gasteiger partial charge in [-0.2, -0.15) is 0 Å². The van der Waals surface area contributed by atoms with Gasteiger partial charge in [0.15, 0.2) is 0 Å². The average Bonchev–Trinajstić information content (AvgIpc) is 2.08. The minimum absolute atomic E-state index is 0.976. The summed E-state index contributed by atoms with van der Waals surface area (Å²) in [5.74, 6) is 0.976. The van der Waals surface area contributed by atoms with Crippen molar-refractivity contribution in [3.63, 3.8) is 0 Å². The summed E-state index contributed by atoms with van der Waals surface area (Å²) in [4.78, 5) is 0. The van der Waals surface area contributed by atoms with E-state index in [1.165, 1.54) is 32.4 Å². The summed E-state index contributed by atoms with van der Waals surface area (Å²) in [5.41, 5.74) is 0. The number of rotatable bonds is 1. The molecule has 0 amide bonds. The zero-order chi connectivity index (χ0) is 8.53. The van der Waals surface area contributed by atoms with Crippen LogP contribution in [0.15, 0.2) is 12.7 Å². The quantitative estimate of drug-likeness (QED) is 0.574. The van der Waals surface area contributed by atoms with E-state index in [2.05, 4.69) is 18.8 Å². The van der Waals surface area contributed by atoms with Gasteiger partial charge in [-0.3, -0.25) is 0 Å². The maximum absolute atomic E-state index is 3.39. The number of hydrogen-bond acceptors (Lipinski definition) is 1. The molecular formula is C10H21N. The molecule has 0 radical (unpaired) electrons. The number of hydrogen-bond donors (Lipinski definition) is 1. The lowest BCUT2D eigenvalue weighted by molar-refractivity contribution is 0.369. The zero-order valence-electron chi connectivity index (χ0n) is 7.90. The van der Waals surface area contributed by atoms with Crippen molar-refractivity contribution >= 4 is 0 Å². The van der Waals surface area contributed by atoms with Gasteiger partial charge in [0.25, 0.3) is 0 Å². The highest BCUT2D eigenvalue weighted by atomic mass is 14.9. The second-order valence-corrected chi connectivity index (χ2v) is 3.03. The molecule has 1 aliphatic rings. The summed E-state index contributed by atoms with van der Waals surface area (Å²) in [5, 5.41) is 3.39. The standard InChI is InChI=1S/C7H15N.C3H6/c1-2-7-4-3-5-8-6-7;1-3-2/h7-8H,2-6H2,1H3;3H,1H2,2H3. The van der Waals surface area contributed by atoms with Crippen molar-refractivity contribution in [3.05, 3.63) is 12.7 Å². The third-order valence-corrected chi connectivity index (χ3v) is 1.98. The van der Waals surface area contributed by atoms with Crippen LogP contribution in [0.25, 0.3) is 0 Å². The molecule has 0 aliphatic carbocycles. The summed E-state index contributed by atoms with van der Waals surface area (Å²) >= 11 is 0. The van der Waals surface area contributed by atoms with E-state index >= 15 is 0 Å². The Morgan fingerprint density at radius 1 is 1.64 bits per heavy atom. The summed E-state index contributed by atoms with van der Waals surface area (Å²) in [6, 6.07) is 0. The summed E-state index contributed by atoms with van der Waals surface area (Å²) in [6.07, 6.45) is 5.94. The van der Waals surface area contributed by atoms with Gasteiger partial charge in [0, 0.05) is 0 Å². The normalized spacial score (nSPS) is 23.3. The summed E-state index contributed by atoms with van der Waals surface area (Å²) in [6.45, 7) is 10.0. The van der Waals surface area contributed by atoms with E-state index in [1.54, 1.807) is 6.08 Å². The van der Waals surface area contributed by atoms with Gasteiger partial charge >= 0.3 is 0 Å². The van der Waals surface area contributed by atoms with Crippen LogP contribution in [0.2, 0.25) is 0 Å². The molecule has 1 unspecified atom stereocenters. The van der Waals surface area contributed by atoms with Crippen molar-refractivity contribution in [2.45, 2.75) is 33.1 Å². The second-order valence-electron chi connectivity index (χ2n) is 3.03. The first kappa shape index (κ1) is 10.7. The molecule has 66 valence electrons. The highest BCUT2D eigenvalue weighted by Gasteiger charge is 2.08. The van der Waals surface area contributed by atoms with Gasteiger partial charge in [0.1, 0.15) is 0 Å². The Morgan fingerprint density at radius 2 is 2.27 bits per heavy atom. The summed E-state index contributed by atoms with van der Waals surface area (Å²) in [7, 11) is 0. The zero-order valence-corrected chi connectivity index (χ0v) is 7.90. The highest BCUT2D eigenvalue weighted by molar-refractivity contribution is 4.66. The van der Waals surface area contributed by atoms with Crippen molar-refractivity contribution in [3.8, 4) is 0 Å². The Hall–Kier alpha value is -0.300. The first-order valence-electron chi connectivity index (χ1n) is 4.62. The molecule has 1 rings (SSSR count). The van der Waals surface area contributed by atoms with Crippen molar-refractivity contribution in [1.29, 1.82) is 0 Å². The number of piperidine rings is 1. The molecule has 1 heterocycles. The topological polar surface area (TPSA) is 12.0 Å². The van der Waals surface area contributed by atoms with E-state index in [0.717, 1.165) is 5.92 Å². The fourth-order valence-electron chi connectivity index (χ4n) is 1.27. The van der Waals surface area contributed by atoms with Crippen LogP contribution in [0.3, 0.4) is 0 Å². The van der Waals surface area contributed by atoms with E-state index in [4.69, 9.17) is 0 Å². The molecule has 0 bridgehead atoms. The minimum atomic E-state index is 0.976. The van der Waals surface area contributed by atoms with Gasteiger partial charge in [0.05, 0.1) is 0 Å². The molecule has 1 N–H and O–H groups in total. The molecule has 1 saturated heterocycles. The lowest BCUT2D eigenvalue weighted by atomic mass is 9.97. The Balaban J connectivity index is 0.000000292. The van der Waals surface area contributed by atoms with Gasteiger partial charge in [-0.1, -0.05) is 19.4 Å². The first-order valence-corrected chi connectivity index (χ1v) is 4.62. The predicted octanol–water partition coefficient (Wildman–Crippen LogP) is 2.59. The van der Waals surface area contributed by atoms with Gasteiger partial charge in [0.2, 0.25) is 0 Å². The minimum Gasteiger partial charge on any atom is -0.316 e. The highest BCUT2D eigenvalue weighted by Crippen LogP contribution is 2.12. The van der Waals surface area contributed by atoms with E-state index < -0.39 is 0 Å². The molecule has 1 nitrogen and oxygen atoms in total. The molecule has 0 spiro atoms. The molecule has 0 aromatic rings. The van der Waals surface area contributed by atoms with Crippen LogP contribution in [-0.2, 0) is 0 Å². The smallest absolute Gasteiger partial charge is 0.00206 e. The third kappa shape index (κ3) is 6.11. The van der Waals surface area contributed by atoms with E-state index in [-0.39, 0.29) is 0 Å². The van der Waals surface area contributed by atoms with E-state index in [0.29, 0.717) is 0 Å². The number of nitrogens with one attached hydrogen (secondary N) is 1. The van der Waals surface area contributed by atoms with Crippen molar-refractivity contribution in [2.24, 2.45) is 5.92 Å². The molecule has 11 heavy (non-hydrogen) atoms. The monoisotopic (exact) mass is 155 g/mol. The van der Waals surface area contributed by atoms with Crippen LogP contribution < -0.4 is 5.32 Å². The van der Waals surface area contributed by atoms with Crippen LogP contribution in [0.1, 0.15) is 33.1 Å². The Morgan fingerprint density at radius 3 is 2.55 bits per heavy atom. The van der Waals surface area contributed by atoms with Gasteiger partial charge in [-0.05, 0) is 38.8 Å². The van der Waals surface area contributed by atoms with Crippen LogP contribution >= 0.6 is 0 Å². The Bertz CT molecular complexity index is 82.9. The van der Waals surface area contributed by atoms with Gasteiger partial charge < -0.3 is 5.32 Å². The van der Waals surface area contributed by atoms with Crippen LogP contribution in [0, 0.1) is 5.92 Å². The lowest BCUT2D eigenvalue weighted by Crippen LogP contribution is -2.29. The summed E-state index contributed by atoms with van der Waals surface area (Å²) < 4.78 is 0. The molecule has 1 fully saturated rings. The Labute approximate surface area is 70.9 Å². The van der Waals surface area contributed by atoms with Crippen molar-refractivity contribution < 1.29 is 0 Å². The van der Waals surface area contributed by atoms with E-state index in [9.17, 15) is 0 Å². The van der Waals surface area contributed by atoms with Crippen molar-refractivity contribution in [2.75, 3.05) is 13.1 Å². The fourth-order valence-corrected chi connectivity index (χ4v) is 1.27. The molecule has 1 atom stereocenters. The molecular weight excluding hydrogens is 134 g/mol. The second kappa shape index (κ2) is 7.80. The third-order valence-electron chi connectivity index (χ3n) is 1.98. The average molecular weight is 155 g/mol. The SMILES string of the molecule is C=CC.CCC1CCCNC1.